The van der Waals surface area contributed by atoms with Crippen LogP contribution in [0.1, 0.15) is 18.7 Å². The predicted molar refractivity (Wildman–Crippen MR) is 77.0 cm³/mol. The first-order valence-corrected chi connectivity index (χ1v) is 6.51. The van der Waals surface area contributed by atoms with Gasteiger partial charge in [-0.25, -0.2) is 4.98 Å². The predicted octanol–water partition coefficient (Wildman–Crippen LogP) is 4.03. The zero-order valence-corrected chi connectivity index (χ0v) is 11.9. The summed E-state index contributed by atoms with van der Waals surface area (Å²) in [5, 5.41) is 3.40. The number of methoxy groups -OCH3 is 1. The van der Waals surface area contributed by atoms with E-state index >= 15 is 0 Å². The molecule has 18 heavy (non-hydrogen) atoms. The SMILES string of the molecule is COc1ccc(N[C@@H](C)c2cccc(Br)n2)cc1. The van der Waals surface area contributed by atoms with Gasteiger partial charge < -0.3 is 10.1 Å². The molecule has 4 heteroatoms. The van der Waals surface area contributed by atoms with Gasteiger partial charge in [0.2, 0.25) is 0 Å². The standard InChI is InChI=1S/C14H15BrN2O/c1-10(13-4-3-5-14(15)17-13)16-11-6-8-12(18-2)9-7-11/h3-10,16H,1-2H3/t10-/m0/s1. The molecule has 0 aliphatic heterocycles. The van der Waals surface area contributed by atoms with E-state index < -0.39 is 0 Å². The van der Waals surface area contributed by atoms with Gasteiger partial charge in [-0.15, -0.1) is 0 Å². The van der Waals surface area contributed by atoms with E-state index in [1.807, 2.05) is 42.5 Å². The maximum Gasteiger partial charge on any atom is 0.119 e. The summed E-state index contributed by atoms with van der Waals surface area (Å²) in [5.41, 5.74) is 2.05. The Balaban J connectivity index is 2.08. The van der Waals surface area contributed by atoms with Gasteiger partial charge in [-0.2, -0.15) is 0 Å². The van der Waals surface area contributed by atoms with Crippen molar-refractivity contribution in [3.05, 3.63) is 52.8 Å². The number of aromatic nitrogens is 1. The van der Waals surface area contributed by atoms with Crippen molar-refractivity contribution in [1.82, 2.24) is 4.98 Å². The summed E-state index contributed by atoms with van der Waals surface area (Å²) in [5.74, 6) is 0.855. The maximum absolute atomic E-state index is 5.13. The number of benzene rings is 1. The molecule has 0 saturated carbocycles. The Morgan fingerprint density at radius 1 is 1.17 bits per heavy atom. The van der Waals surface area contributed by atoms with Gasteiger partial charge in [-0.3, -0.25) is 0 Å². The van der Waals surface area contributed by atoms with Crippen LogP contribution in [0.5, 0.6) is 5.75 Å². The quantitative estimate of drug-likeness (QED) is 0.866. The molecule has 0 fully saturated rings. The molecule has 1 heterocycles. The number of hydrogen-bond acceptors (Lipinski definition) is 3. The first kappa shape index (κ1) is 12.9. The van der Waals surface area contributed by atoms with Gasteiger partial charge >= 0.3 is 0 Å². The fourth-order valence-electron chi connectivity index (χ4n) is 1.68. The molecule has 0 bridgehead atoms. The summed E-state index contributed by atoms with van der Waals surface area (Å²) in [4.78, 5) is 4.43. The highest BCUT2D eigenvalue weighted by Crippen LogP contribution is 2.21. The first-order chi connectivity index (χ1) is 8.69. The van der Waals surface area contributed by atoms with E-state index in [-0.39, 0.29) is 6.04 Å². The third kappa shape index (κ3) is 3.23. The highest BCUT2D eigenvalue weighted by Gasteiger charge is 2.07. The number of halogens is 1. The van der Waals surface area contributed by atoms with Gasteiger partial charge in [0, 0.05) is 5.69 Å². The van der Waals surface area contributed by atoms with E-state index in [2.05, 4.69) is 33.2 Å². The minimum absolute atomic E-state index is 0.149. The highest BCUT2D eigenvalue weighted by molar-refractivity contribution is 9.10. The van der Waals surface area contributed by atoms with Crippen molar-refractivity contribution in [1.29, 1.82) is 0 Å². The first-order valence-electron chi connectivity index (χ1n) is 5.72. The van der Waals surface area contributed by atoms with Crippen LogP contribution in [-0.2, 0) is 0 Å². The Hall–Kier alpha value is -1.55. The van der Waals surface area contributed by atoms with Gasteiger partial charge in [-0.1, -0.05) is 6.07 Å². The molecule has 94 valence electrons. The van der Waals surface area contributed by atoms with Crippen molar-refractivity contribution in [2.75, 3.05) is 12.4 Å². The number of nitrogens with one attached hydrogen (secondary N) is 1. The molecular weight excluding hydrogens is 292 g/mol. The zero-order valence-electron chi connectivity index (χ0n) is 10.4. The van der Waals surface area contributed by atoms with E-state index in [9.17, 15) is 0 Å². The Labute approximate surface area is 115 Å². The lowest BCUT2D eigenvalue weighted by atomic mass is 10.2. The smallest absolute Gasteiger partial charge is 0.119 e. The van der Waals surface area contributed by atoms with Gasteiger partial charge in [-0.05, 0) is 59.3 Å². The third-order valence-electron chi connectivity index (χ3n) is 2.65. The van der Waals surface area contributed by atoms with E-state index in [1.54, 1.807) is 7.11 Å². The van der Waals surface area contributed by atoms with Crippen LogP contribution in [0.3, 0.4) is 0 Å². The molecular formula is C14H15BrN2O. The second-order valence-electron chi connectivity index (χ2n) is 3.98. The van der Waals surface area contributed by atoms with E-state index in [0.717, 1.165) is 21.7 Å². The minimum Gasteiger partial charge on any atom is -0.497 e. The van der Waals surface area contributed by atoms with Crippen molar-refractivity contribution in [3.8, 4) is 5.75 Å². The molecule has 0 saturated heterocycles. The summed E-state index contributed by atoms with van der Waals surface area (Å²) < 4.78 is 5.98. The van der Waals surface area contributed by atoms with Crippen molar-refractivity contribution in [2.24, 2.45) is 0 Å². The monoisotopic (exact) mass is 306 g/mol. The Bertz CT molecular complexity index is 513. The highest BCUT2D eigenvalue weighted by atomic mass is 79.9. The molecule has 1 aromatic heterocycles. The molecule has 1 N–H and O–H groups in total. The molecule has 0 aliphatic rings. The second-order valence-corrected chi connectivity index (χ2v) is 4.79. The summed E-state index contributed by atoms with van der Waals surface area (Å²) in [6.45, 7) is 2.08. The molecule has 1 atom stereocenters. The van der Waals surface area contributed by atoms with Gasteiger partial charge in [0.05, 0.1) is 18.8 Å². The summed E-state index contributed by atoms with van der Waals surface area (Å²) in [7, 11) is 1.66. The van der Waals surface area contributed by atoms with Crippen LogP contribution in [0.25, 0.3) is 0 Å². The molecule has 0 radical (unpaired) electrons. The van der Waals surface area contributed by atoms with Crippen molar-refractivity contribution < 1.29 is 4.74 Å². The molecule has 1 aromatic carbocycles. The van der Waals surface area contributed by atoms with Gasteiger partial charge in [0.25, 0.3) is 0 Å². The zero-order chi connectivity index (χ0) is 13.0. The Kier molecular flexibility index (Phi) is 4.20. The molecule has 3 nitrogen and oxygen atoms in total. The van der Waals surface area contributed by atoms with Crippen molar-refractivity contribution in [3.63, 3.8) is 0 Å². The van der Waals surface area contributed by atoms with Crippen LogP contribution < -0.4 is 10.1 Å². The van der Waals surface area contributed by atoms with Gasteiger partial charge in [0.15, 0.2) is 0 Å². The number of nitrogens with zero attached hydrogens (tertiary/aromatic N) is 1. The van der Waals surface area contributed by atoms with Crippen LogP contribution in [0.2, 0.25) is 0 Å². The molecule has 0 amide bonds. The Morgan fingerprint density at radius 3 is 2.50 bits per heavy atom. The lowest BCUT2D eigenvalue weighted by Crippen LogP contribution is -2.08. The summed E-state index contributed by atoms with van der Waals surface area (Å²) in [6, 6.07) is 13.9. The number of hydrogen-bond donors (Lipinski definition) is 1. The normalized spacial score (nSPS) is 11.9. The van der Waals surface area contributed by atoms with E-state index in [1.165, 1.54) is 0 Å². The minimum atomic E-state index is 0.149. The van der Waals surface area contributed by atoms with Gasteiger partial charge in [0.1, 0.15) is 10.4 Å². The van der Waals surface area contributed by atoms with E-state index in [0.29, 0.717) is 0 Å². The number of pyridine rings is 1. The van der Waals surface area contributed by atoms with Crippen LogP contribution in [-0.4, -0.2) is 12.1 Å². The maximum atomic E-state index is 5.13. The third-order valence-corrected chi connectivity index (χ3v) is 3.10. The van der Waals surface area contributed by atoms with Crippen LogP contribution in [0, 0.1) is 0 Å². The number of rotatable bonds is 4. The van der Waals surface area contributed by atoms with Crippen LogP contribution in [0.4, 0.5) is 5.69 Å². The lowest BCUT2D eigenvalue weighted by Gasteiger charge is -2.15. The Morgan fingerprint density at radius 2 is 1.89 bits per heavy atom. The van der Waals surface area contributed by atoms with Crippen molar-refractivity contribution >= 4 is 21.6 Å². The molecule has 0 spiro atoms. The van der Waals surface area contributed by atoms with Crippen LogP contribution >= 0.6 is 15.9 Å². The summed E-state index contributed by atoms with van der Waals surface area (Å²) in [6.07, 6.45) is 0. The molecule has 0 unspecified atom stereocenters. The fraction of sp³-hybridized carbons (Fsp3) is 0.214. The molecule has 0 aliphatic carbocycles. The number of ether oxygens (including phenoxy) is 1. The molecule has 2 aromatic rings. The fourth-order valence-corrected chi connectivity index (χ4v) is 2.03. The van der Waals surface area contributed by atoms with E-state index in [4.69, 9.17) is 4.74 Å². The average Bonchev–Trinajstić information content (AvgIpc) is 2.39. The van der Waals surface area contributed by atoms with Crippen molar-refractivity contribution in [2.45, 2.75) is 13.0 Å². The largest absolute Gasteiger partial charge is 0.497 e. The topological polar surface area (TPSA) is 34.1 Å². The number of anilines is 1. The summed E-state index contributed by atoms with van der Waals surface area (Å²) >= 11 is 3.38. The lowest BCUT2D eigenvalue weighted by molar-refractivity contribution is 0.415. The molecule has 2 rings (SSSR count). The average molecular weight is 307 g/mol. The second kappa shape index (κ2) is 5.87. The van der Waals surface area contributed by atoms with Crippen LogP contribution in [0.15, 0.2) is 47.1 Å².